The monoisotopic (exact) mass is 484 g/mol. The summed E-state index contributed by atoms with van der Waals surface area (Å²) in [5, 5.41) is 2.92. The minimum Gasteiger partial charge on any atom is -0.493 e. The van der Waals surface area contributed by atoms with E-state index in [2.05, 4.69) is 5.32 Å². The number of rotatable bonds is 7. The molecule has 2 aromatic carbocycles. The van der Waals surface area contributed by atoms with E-state index in [0.717, 1.165) is 27.9 Å². The number of hydrogen-bond acceptors (Lipinski definition) is 6. The number of nitrogens with one attached hydrogen (secondary N) is 1. The quantitative estimate of drug-likeness (QED) is 0.428. The Morgan fingerprint density at radius 3 is 2.39 bits per heavy atom. The summed E-state index contributed by atoms with van der Waals surface area (Å²) in [6.07, 6.45) is 1.78. The van der Waals surface area contributed by atoms with Gasteiger partial charge in [-0.3, -0.25) is 14.5 Å². The van der Waals surface area contributed by atoms with Gasteiger partial charge in [-0.2, -0.15) is 0 Å². The summed E-state index contributed by atoms with van der Waals surface area (Å²) >= 11 is 6.61. The molecule has 8 heteroatoms. The summed E-state index contributed by atoms with van der Waals surface area (Å²) in [5.41, 5.74) is 4.74. The van der Waals surface area contributed by atoms with Crippen LogP contribution < -0.4 is 14.8 Å². The molecule has 1 saturated heterocycles. The Kier molecular flexibility index (Phi) is 7.81. The Bertz CT molecular complexity index is 1120. The van der Waals surface area contributed by atoms with Crippen molar-refractivity contribution in [2.45, 2.75) is 40.7 Å². The molecule has 0 bridgehead atoms. The highest BCUT2D eigenvalue weighted by molar-refractivity contribution is 8.26. The van der Waals surface area contributed by atoms with Crippen molar-refractivity contribution in [2.24, 2.45) is 0 Å². The van der Waals surface area contributed by atoms with E-state index in [4.69, 9.17) is 21.7 Å². The van der Waals surface area contributed by atoms with Gasteiger partial charge < -0.3 is 14.8 Å². The Labute approximate surface area is 204 Å². The lowest BCUT2D eigenvalue weighted by Gasteiger charge is -2.18. The van der Waals surface area contributed by atoms with E-state index in [9.17, 15) is 9.59 Å². The minimum atomic E-state index is -0.256. The summed E-state index contributed by atoms with van der Waals surface area (Å²) in [5.74, 6) is 0.557. The van der Waals surface area contributed by atoms with Crippen molar-refractivity contribution in [1.29, 1.82) is 0 Å². The van der Waals surface area contributed by atoms with Crippen molar-refractivity contribution in [3.63, 3.8) is 0 Å². The van der Waals surface area contributed by atoms with Gasteiger partial charge in [0.1, 0.15) is 4.32 Å². The lowest BCUT2D eigenvalue weighted by molar-refractivity contribution is -0.123. The average molecular weight is 485 g/mol. The zero-order valence-corrected chi connectivity index (χ0v) is 21.3. The number of hydrogen-bond donors (Lipinski definition) is 1. The van der Waals surface area contributed by atoms with Gasteiger partial charge in [-0.25, -0.2) is 0 Å². The Hall–Kier alpha value is -2.84. The van der Waals surface area contributed by atoms with E-state index in [1.54, 1.807) is 23.1 Å². The fraction of sp³-hybridized carbons (Fsp3) is 0.320. The van der Waals surface area contributed by atoms with Gasteiger partial charge in [0.05, 0.1) is 12.0 Å². The predicted molar refractivity (Wildman–Crippen MR) is 138 cm³/mol. The number of anilines is 1. The largest absolute Gasteiger partial charge is 0.493 e. The minimum absolute atomic E-state index is 0.00680. The molecule has 1 fully saturated rings. The summed E-state index contributed by atoms with van der Waals surface area (Å²) in [4.78, 5) is 27.3. The Morgan fingerprint density at radius 2 is 1.82 bits per heavy atom. The number of methoxy groups -OCH3 is 1. The molecule has 1 aliphatic rings. The predicted octanol–water partition coefficient (Wildman–Crippen LogP) is 5.25. The fourth-order valence-electron chi connectivity index (χ4n) is 3.67. The fourth-order valence-corrected chi connectivity index (χ4v) is 5.19. The molecule has 0 radical (unpaired) electrons. The Balaban J connectivity index is 1.70. The first-order valence-electron chi connectivity index (χ1n) is 10.6. The van der Waals surface area contributed by atoms with Gasteiger partial charge in [0.25, 0.3) is 11.8 Å². The lowest BCUT2D eigenvalue weighted by atomic mass is 10.1. The van der Waals surface area contributed by atoms with Crippen molar-refractivity contribution in [3.05, 3.63) is 57.5 Å². The molecule has 0 unspecified atom stereocenters. The number of thioether (sulfide) groups is 1. The van der Waals surface area contributed by atoms with Crippen molar-refractivity contribution >= 4 is 51.9 Å². The van der Waals surface area contributed by atoms with Crippen molar-refractivity contribution < 1.29 is 19.1 Å². The number of nitrogens with zero attached hydrogens (tertiary/aromatic N) is 1. The van der Waals surface area contributed by atoms with Crippen LogP contribution in [-0.2, 0) is 9.59 Å². The number of carbonyl (C=O) groups is 2. The molecule has 0 aliphatic carbocycles. The molecule has 1 heterocycles. The van der Waals surface area contributed by atoms with Crippen LogP contribution in [0.25, 0.3) is 6.08 Å². The van der Waals surface area contributed by atoms with Gasteiger partial charge in [0, 0.05) is 11.7 Å². The third kappa shape index (κ3) is 5.75. The van der Waals surface area contributed by atoms with E-state index in [0.29, 0.717) is 20.7 Å². The number of ether oxygens (including phenoxy) is 2. The second-order valence-corrected chi connectivity index (χ2v) is 9.84. The van der Waals surface area contributed by atoms with Crippen LogP contribution in [0.5, 0.6) is 11.5 Å². The molecule has 1 aliphatic heterocycles. The van der Waals surface area contributed by atoms with Crippen LogP contribution in [0.15, 0.2) is 35.2 Å². The molecule has 0 aromatic heterocycles. The van der Waals surface area contributed by atoms with Crippen molar-refractivity contribution in [1.82, 2.24) is 4.90 Å². The third-order valence-electron chi connectivity index (χ3n) is 5.13. The molecule has 1 N–H and O–H groups in total. The lowest BCUT2D eigenvalue weighted by Crippen LogP contribution is -2.34. The van der Waals surface area contributed by atoms with Gasteiger partial charge in [-0.1, -0.05) is 47.7 Å². The first-order valence-corrected chi connectivity index (χ1v) is 11.8. The maximum Gasteiger partial charge on any atom is 0.266 e. The van der Waals surface area contributed by atoms with Crippen LogP contribution in [0, 0.1) is 20.8 Å². The van der Waals surface area contributed by atoms with Crippen molar-refractivity contribution in [2.75, 3.05) is 19.0 Å². The maximum atomic E-state index is 12.6. The standard InChI is InChI=1S/C25H28N2O4S2/c1-14(2)27-24(29)21(33-25(27)32)12-18-7-8-19(20(11-18)30-6)31-13-22(28)26-23-16(4)9-15(3)10-17(23)5/h7-12,14H,13H2,1-6H3,(H,26,28)/b21-12-. The molecule has 6 nitrogen and oxygen atoms in total. The molecular weight excluding hydrogens is 456 g/mol. The number of carbonyl (C=O) groups excluding carboxylic acids is 2. The normalized spacial score (nSPS) is 14.9. The number of aryl methyl sites for hydroxylation is 3. The van der Waals surface area contributed by atoms with E-state index in [-0.39, 0.29) is 24.5 Å². The highest BCUT2D eigenvalue weighted by atomic mass is 32.2. The Morgan fingerprint density at radius 1 is 1.15 bits per heavy atom. The van der Waals surface area contributed by atoms with Gasteiger partial charge in [-0.15, -0.1) is 0 Å². The highest BCUT2D eigenvalue weighted by Gasteiger charge is 2.33. The van der Waals surface area contributed by atoms with Gasteiger partial charge in [-0.05, 0) is 69.5 Å². The van der Waals surface area contributed by atoms with Crippen molar-refractivity contribution in [3.8, 4) is 11.5 Å². The molecule has 0 atom stereocenters. The topological polar surface area (TPSA) is 67.9 Å². The van der Waals surface area contributed by atoms with Crippen LogP contribution in [-0.4, -0.2) is 40.8 Å². The molecule has 3 rings (SSSR count). The molecule has 174 valence electrons. The molecular formula is C25H28N2O4S2. The number of benzene rings is 2. The average Bonchev–Trinajstić information content (AvgIpc) is 3.02. The van der Waals surface area contributed by atoms with E-state index < -0.39 is 0 Å². The molecule has 33 heavy (non-hydrogen) atoms. The SMILES string of the molecule is COc1cc(/C=C2\SC(=S)N(C(C)C)C2=O)ccc1OCC(=O)Nc1c(C)cc(C)cc1C. The summed E-state index contributed by atoms with van der Waals surface area (Å²) in [6, 6.07) is 9.37. The third-order valence-corrected chi connectivity index (χ3v) is 6.46. The summed E-state index contributed by atoms with van der Waals surface area (Å²) in [6.45, 7) is 9.66. The van der Waals surface area contributed by atoms with Crippen LogP contribution in [0.3, 0.4) is 0 Å². The molecule has 0 saturated carbocycles. The van der Waals surface area contributed by atoms with Crippen LogP contribution in [0.4, 0.5) is 5.69 Å². The first kappa shape index (κ1) is 24.8. The van der Waals surface area contributed by atoms with Crippen LogP contribution in [0.1, 0.15) is 36.1 Å². The summed E-state index contributed by atoms with van der Waals surface area (Å²) in [7, 11) is 1.53. The molecule has 2 amide bonds. The second kappa shape index (κ2) is 10.4. The highest BCUT2D eigenvalue weighted by Crippen LogP contribution is 2.35. The van der Waals surface area contributed by atoms with E-state index in [1.165, 1.54) is 18.9 Å². The molecule has 2 aromatic rings. The smallest absolute Gasteiger partial charge is 0.266 e. The van der Waals surface area contributed by atoms with E-state index >= 15 is 0 Å². The second-order valence-electron chi connectivity index (χ2n) is 8.17. The van der Waals surface area contributed by atoms with Gasteiger partial charge >= 0.3 is 0 Å². The van der Waals surface area contributed by atoms with Gasteiger partial charge in [0.2, 0.25) is 0 Å². The maximum absolute atomic E-state index is 12.6. The van der Waals surface area contributed by atoms with Gasteiger partial charge in [0.15, 0.2) is 18.1 Å². The number of amides is 2. The van der Waals surface area contributed by atoms with Crippen LogP contribution in [0.2, 0.25) is 0 Å². The first-order chi connectivity index (χ1) is 15.6. The summed E-state index contributed by atoms with van der Waals surface area (Å²) < 4.78 is 11.7. The zero-order chi connectivity index (χ0) is 24.3. The zero-order valence-electron chi connectivity index (χ0n) is 19.6. The number of thiocarbonyl (C=S) groups is 1. The van der Waals surface area contributed by atoms with Crippen LogP contribution >= 0.6 is 24.0 Å². The molecule has 0 spiro atoms. The van der Waals surface area contributed by atoms with E-state index in [1.807, 2.05) is 52.8 Å².